The van der Waals surface area contributed by atoms with Gasteiger partial charge in [-0.25, -0.2) is 13.6 Å². The van der Waals surface area contributed by atoms with Gasteiger partial charge in [-0.05, 0) is 64.5 Å². The van der Waals surface area contributed by atoms with Crippen molar-refractivity contribution in [3.63, 3.8) is 0 Å². The minimum atomic E-state index is -3.51. The van der Waals surface area contributed by atoms with Gasteiger partial charge in [0.05, 0.1) is 12.4 Å². The van der Waals surface area contributed by atoms with Crippen molar-refractivity contribution in [2.45, 2.75) is 44.5 Å². The molecule has 0 aromatic heterocycles. The Morgan fingerprint density at radius 2 is 1.39 bits per heavy atom. The van der Waals surface area contributed by atoms with E-state index in [1.807, 2.05) is 24.3 Å². The first-order chi connectivity index (χ1) is 13.4. The zero-order valence-electron chi connectivity index (χ0n) is 16.3. The lowest BCUT2D eigenvalue weighted by Gasteiger charge is -2.39. The van der Waals surface area contributed by atoms with Crippen molar-refractivity contribution in [1.82, 2.24) is 0 Å². The van der Waals surface area contributed by atoms with Crippen LogP contribution in [-0.4, -0.2) is 15.5 Å². The number of methoxy groups -OCH3 is 1. The van der Waals surface area contributed by atoms with Gasteiger partial charge in [-0.2, -0.15) is 0 Å². The van der Waals surface area contributed by atoms with Crippen molar-refractivity contribution in [1.29, 1.82) is 0 Å². The van der Waals surface area contributed by atoms with Crippen LogP contribution in [0.4, 0.5) is 0 Å². The van der Waals surface area contributed by atoms with Crippen molar-refractivity contribution >= 4 is 21.2 Å². The molecule has 1 saturated carbocycles. The molecule has 0 heterocycles. The normalized spacial score (nSPS) is 18.5. The van der Waals surface area contributed by atoms with Gasteiger partial charge >= 0.3 is 0 Å². The van der Waals surface area contributed by atoms with Crippen molar-refractivity contribution in [2.24, 2.45) is 10.6 Å². The van der Waals surface area contributed by atoms with E-state index in [0.717, 1.165) is 18.4 Å². The summed E-state index contributed by atoms with van der Waals surface area (Å²) in [6, 6.07) is 16.6. The van der Waals surface area contributed by atoms with Gasteiger partial charge in [0.1, 0.15) is 0 Å². The molecule has 2 aromatic carbocycles. The van der Waals surface area contributed by atoms with Gasteiger partial charge in [0.15, 0.2) is 0 Å². The molecule has 0 aliphatic heterocycles. The highest BCUT2D eigenvalue weighted by Gasteiger charge is 2.43. The molecule has 2 aliphatic rings. The summed E-state index contributed by atoms with van der Waals surface area (Å²) in [4.78, 5) is 0. The van der Waals surface area contributed by atoms with E-state index < -0.39 is 10.0 Å². The molecule has 4 rings (SSSR count). The van der Waals surface area contributed by atoms with Crippen molar-refractivity contribution in [2.75, 3.05) is 7.11 Å². The van der Waals surface area contributed by atoms with Crippen LogP contribution in [0.2, 0.25) is 0 Å². The molecule has 1 fully saturated rings. The van der Waals surface area contributed by atoms with Crippen LogP contribution in [0.3, 0.4) is 0 Å². The van der Waals surface area contributed by atoms with Gasteiger partial charge in [-0.3, -0.25) is 0 Å². The lowest BCUT2D eigenvalue weighted by atomic mass is 9.66. The number of hydrogen-bond acceptors (Lipinski definition) is 3. The summed E-state index contributed by atoms with van der Waals surface area (Å²) >= 11 is 0. The molecule has 0 bridgehead atoms. The number of ether oxygens (including phenoxy) is 1. The quantitative estimate of drug-likeness (QED) is 0.780. The summed E-state index contributed by atoms with van der Waals surface area (Å²) in [5.74, 6) is -0.121. The van der Waals surface area contributed by atoms with Crippen LogP contribution < -0.4 is 5.14 Å². The molecule has 28 heavy (non-hydrogen) atoms. The van der Waals surface area contributed by atoms with Crippen LogP contribution in [0.15, 0.2) is 48.5 Å². The average Bonchev–Trinajstić information content (AvgIpc) is 3.04. The second-order valence-electron chi connectivity index (χ2n) is 8.30. The number of sulfonamides is 1. The fourth-order valence-corrected chi connectivity index (χ4v) is 5.27. The first kappa shape index (κ1) is 19.4. The maximum absolute atomic E-state index is 11.3. The van der Waals surface area contributed by atoms with E-state index in [0.29, 0.717) is 12.0 Å². The molecule has 2 aliphatic carbocycles. The zero-order valence-corrected chi connectivity index (χ0v) is 17.1. The summed E-state index contributed by atoms with van der Waals surface area (Å²) in [5, 5.41) is 5.17. The van der Waals surface area contributed by atoms with Gasteiger partial charge in [-0.1, -0.05) is 55.0 Å². The second kappa shape index (κ2) is 7.47. The van der Waals surface area contributed by atoms with Crippen molar-refractivity contribution in [3.05, 3.63) is 70.8 Å². The zero-order chi connectivity index (χ0) is 19.8. The number of hydrogen-bond donors (Lipinski definition) is 1. The molecule has 0 atom stereocenters. The Bertz CT molecular complexity index is 985. The molecule has 0 radical (unpaired) electrons. The predicted octanol–water partition coefficient (Wildman–Crippen LogP) is 4.50. The molecule has 4 nitrogen and oxygen atoms in total. The molecule has 0 saturated heterocycles. The molecule has 0 amide bonds. The van der Waals surface area contributed by atoms with Gasteiger partial charge in [0, 0.05) is 7.11 Å². The van der Waals surface area contributed by atoms with Crippen LogP contribution in [0.1, 0.15) is 54.4 Å². The molecule has 2 aromatic rings. The molecule has 5 heteroatoms. The number of allylic oxidation sites excluding steroid dienone is 2. The van der Waals surface area contributed by atoms with Crippen molar-refractivity contribution < 1.29 is 13.2 Å². The summed E-state index contributed by atoms with van der Waals surface area (Å²) in [6.07, 6.45) is 6.15. The lowest BCUT2D eigenvalue weighted by molar-refractivity contribution is 0.157. The van der Waals surface area contributed by atoms with Crippen LogP contribution in [0.25, 0.3) is 11.1 Å². The summed E-state index contributed by atoms with van der Waals surface area (Å²) in [6.45, 7) is 0.627. The number of primary sulfonamides is 1. The van der Waals surface area contributed by atoms with E-state index in [1.165, 1.54) is 47.1 Å². The Labute approximate surface area is 167 Å². The highest BCUT2D eigenvalue weighted by Crippen LogP contribution is 2.59. The maximum Gasteiger partial charge on any atom is 0.213 e. The van der Waals surface area contributed by atoms with E-state index in [4.69, 9.17) is 9.88 Å². The SMILES string of the molecule is COCc1ccc(C2=C(c3ccc(CS(N)(=O)=O)cc3)CC3(CCC3)C2)cc1. The molecule has 0 unspecified atom stereocenters. The minimum Gasteiger partial charge on any atom is -0.380 e. The Morgan fingerprint density at radius 3 is 1.79 bits per heavy atom. The monoisotopic (exact) mass is 397 g/mol. The van der Waals surface area contributed by atoms with Crippen LogP contribution in [0.5, 0.6) is 0 Å². The van der Waals surface area contributed by atoms with E-state index in [2.05, 4.69) is 24.3 Å². The molecule has 1 spiro atoms. The van der Waals surface area contributed by atoms with Gasteiger partial charge in [0.25, 0.3) is 0 Å². The topological polar surface area (TPSA) is 69.4 Å². The maximum atomic E-state index is 11.3. The van der Waals surface area contributed by atoms with Gasteiger partial charge in [-0.15, -0.1) is 0 Å². The fourth-order valence-electron chi connectivity index (χ4n) is 4.61. The Hall–Kier alpha value is -1.95. The van der Waals surface area contributed by atoms with E-state index in [-0.39, 0.29) is 5.75 Å². The third-order valence-corrected chi connectivity index (χ3v) is 6.90. The molecule has 2 N–H and O–H groups in total. The van der Waals surface area contributed by atoms with E-state index in [9.17, 15) is 8.42 Å². The third-order valence-electron chi connectivity index (χ3n) is 6.17. The van der Waals surface area contributed by atoms with Gasteiger partial charge in [0.2, 0.25) is 10.0 Å². The lowest BCUT2D eigenvalue weighted by Crippen LogP contribution is -2.26. The molecular formula is C23H27NO3S. The summed E-state index contributed by atoms with van der Waals surface area (Å²) < 4.78 is 27.9. The highest BCUT2D eigenvalue weighted by atomic mass is 32.2. The smallest absolute Gasteiger partial charge is 0.213 e. The Kier molecular flexibility index (Phi) is 5.17. The summed E-state index contributed by atoms with van der Waals surface area (Å²) in [7, 11) is -1.79. The first-order valence-electron chi connectivity index (χ1n) is 9.78. The average molecular weight is 398 g/mol. The van der Waals surface area contributed by atoms with Crippen LogP contribution in [0, 0.1) is 5.41 Å². The summed E-state index contributed by atoms with van der Waals surface area (Å²) in [5.41, 5.74) is 7.65. The fraction of sp³-hybridized carbons (Fsp3) is 0.391. The number of nitrogens with two attached hydrogens (primary N) is 1. The predicted molar refractivity (Wildman–Crippen MR) is 113 cm³/mol. The second-order valence-corrected chi connectivity index (χ2v) is 9.91. The molecule has 148 valence electrons. The highest BCUT2D eigenvalue weighted by molar-refractivity contribution is 7.88. The first-order valence-corrected chi connectivity index (χ1v) is 11.5. The third kappa shape index (κ3) is 4.07. The largest absolute Gasteiger partial charge is 0.380 e. The Morgan fingerprint density at radius 1 is 0.893 bits per heavy atom. The Balaban J connectivity index is 1.67. The molecular weight excluding hydrogens is 370 g/mol. The van der Waals surface area contributed by atoms with Crippen LogP contribution in [-0.2, 0) is 27.1 Å². The number of rotatable bonds is 6. The van der Waals surface area contributed by atoms with Gasteiger partial charge < -0.3 is 4.74 Å². The van der Waals surface area contributed by atoms with Crippen molar-refractivity contribution in [3.8, 4) is 0 Å². The standard InChI is InChI=1S/C23H27NO3S/c1-27-15-17-3-7-19(8-4-17)21-13-23(11-2-12-23)14-22(21)20-9-5-18(6-10-20)16-28(24,25)26/h3-10H,2,11-16H2,1H3,(H2,24,25,26). The van der Waals surface area contributed by atoms with Crippen LogP contribution >= 0.6 is 0 Å². The van der Waals surface area contributed by atoms with E-state index >= 15 is 0 Å². The minimum absolute atomic E-state index is 0.121. The number of benzene rings is 2. The van der Waals surface area contributed by atoms with E-state index in [1.54, 1.807) is 7.11 Å².